The molecule has 4 atom stereocenters. The number of halogens is 1. The first kappa shape index (κ1) is 14.0. The molecule has 0 bridgehead atoms. The Balaban J connectivity index is 1.68. The molecule has 0 aromatic heterocycles. The lowest BCUT2D eigenvalue weighted by atomic mass is 9.75. The van der Waals surface area contributed by atoms with E-state index in [1.54, 1.807) is 5.56 Å². The fourth-order valence-corrected chi connectivity index (χ4v) is 5.70. The SMILES string of the molecule is CCC1CCC(Br)C(CC2CSc3ccccc32)C1. The third-order valence-corrected chi connectivity index (χ3v) is 7.42. The highest BCUT2D eigenvalue weighted by atomic mass is 79.9. The highest BCUT2D eigenvalue weighted by Crippen LogP contribution is 2.46. The molecule has 19 heavy (non-hydrogen) atoms. The van der Waals surface area contributed by atoms with Crippen molar-refractivity contribution >= 4 is 27.7 Å². The van der Waals surface area contributed by atoms with E-state index >= 15 is 0 Å². The average molecular weight is 339 g/mol. The lowest BCUT2D eigenvalue weighted by molar-refractivity contribution is 0.253. The average Bonchev–Trinajstić information content (AvgIpc) is 2.85. The Hall–Kier alpha value is 0.0500. The Labute approximate surface area is 129 Å². The Morgan fingerprint density at radius 3 is 2.95 bits per heavy atom. The molecule has 0 N–H and O–H groups in total. The van der Waals surface area contributed by atoms with Gasteiger partial charge in [0.15, 0.2) is 0 Å². The van der Waals surface area contributed by atoms with E-state index < -0.39 is 0 Å². The van der Waals surface area contributed by atoms with Crippen LogP contribution in [0.3, 0.4) is 0 Å². The molecule has 1 fully saturated rings. The first-order valence-electron chi connectivity index (χ1n) is 7.63. The van der Waals surface area contributed by atoms with Crippen LogP contribution in [0, 0.1) is 11.8 Å². The second kappa shape index (κ2) is 6.22. The van der Waals surface area contributed by atoms with E-state index in [4.69, 9.17) is 0 Å². The van der Waals surface area contributed by atoms with Crippen LogP contribution in [-0.2, 0) is 0 Å². The normalized spacial score (nSPS) is 34.2. The van der Waals surface area contributed by atoms with Gasteiger partial charge in [-0.2, -0.15) is 0 Å². The van der Waals surface area contributed by atoms with Crippen molar-refractivity contribution in [1.29, 1.82) is 0 Å². The van der Waals surface area contributed by atoms with Crippen LogP contribution in [0.1, 0.15) is 50.5 Å². The van der Waals surface area contributed by atoms with Gasteiger partial charge < -0.3 is 0 Å². The van der Waals surface area contributed by atoms with Crippen LogP contribution in [0.2, 0.25) is 0 Å². The van der Waals surface area contributed by atoms with Crippen molar-refractivity contribution in [3.8, 4) is 0 Å². The Morgan fingerprint density at radius 2 is 2.11 bits per heavy atom. The molecule has 2 aliphatic rings. The van der Waals surface area contributed by atoms with E-state index in [1.165, 1.54) is 42.8 Å². The zero-order chi connectivity index (χ0) is 13.2. The smallest absolute Gasteiger partial charge is 0.0174 e. The van der Waals surface area contributed by atoms with Gasteiger partial charge in [-0.3, -0.25) is 0 Å². The summed E-state index contributed by atoms with van der Waals surface area (Å²) in [4.78, 5) is 2.29. The third kappa shape index (κ3) is 3.05. The van der Waals surface area contributed by atoms with Crippen LogP contribution in [0.15, 0.2) is 29.2 Å². The van der Waals surface area contributed by atoms with Gasteiger partial charge in [0.1, 0.15) is 0 Å². The van der Waals surface area contributed by atoms with Gasteiger partial charge in [0.05, 0.1) is 0 Å². The molecule has 3 rings (SSSR count). The van der Waals surface area contributed by atoms with Gasteiger partial charge in [0, 0.05) is 15.5 Å². The summed E-state index contributed by atoms with van der Waals surface area (Å²) in [6, 6.07) is 9.03. The van der Waals surface area contributed by atoms with Gasteiger partial charge in [0.25, 0.3) is 0 Å². The standard InChI is InChI=1S/C17H23BrS/c1-2-12-7-8-16(18)13(9-12)10-14-11-19-17-6-4-3-5-15(14)17/h3-6,12-14,16H,2,7-11H2,1H3. The third-order valence-electron chi connectivity index (χ3n) is 4.96. The molecular weight excluding hydrogens is 316 g/mol. The highest BCUT2D eigenvalue weighted by molar-refractivity contribution is 9.09. The largest absolute Gasteiger partial charge is 0.125 e. The molecule has 1 aliphatic heterocycles. The first-order chi connectivity index (χ1) is 9.28. The number of fused-ring (bicyclic) bond motifs is 1. The number of benzene rings is 1. The van der Waals surface area contributed by atoms with Gasteiger partial charge in [-0.25, -0.2) is 0 Å². The summed E-state index contributed by atoms with van der Waals surface area (Å²) < 4.78 is 0. The van der Waals surface area contributed by atoms with Gasteiger partial charge in [0.2, 0.25) is 0 Å². The lowest BCUT2D eigenvalue weighted by Gasteiger charge is -2.34. The molecule has 4 unspecified atom stereocenters. The van der Waals surface area contributed by atoms with E-state index in [2.05, 4.69) is 58.9 Å². The molecule has 1 aromatic rings. The van der Waals surface area contributed by atoms with E-state index in [0.29, 0.717) is 0 Å². The Bertz CT molecular complexity index is 431. The molecule has 1 aliphatic carbocycles. The zero-order valence-electron chi connectivity index (χ0n) is 11.6. The van der Waals surface area contributed by atoms with Gasteiger partial charge in [-0.05, 0) is 55.1 Å². The summed E-state index contributed by atoms with van der Waals surface area (Å²) in [5, 5.41) is 0. The van der Waals surface area contributed by atoms with Crippen LogP contribution in [0.25, 0.3) is 0 Å². The minimum absolute atomic E-state index is 0.757. The fourth-order valence-electron chi connectivity index (χ4n) is 3.73. The van der Waals surface area contributed by atoms with Crippen molar-refractivity contribution in [1.82, 2.24) is 0 Å². The number of hydrogen-bond donors (Lipinski definition) is 0. The maximum atomic E-state index is 3.95. The van der Waals surface area contributed by atoms with E-state index in [9.17, 15) is 0 Å². The van der Waals surface area contributed by atoms with Gasteiger partial charge in [-0.15, -0.1) is 11.8 Å². The molecule has 0 amide bonds. The van der Waals surface area contributed by atoms with Crippen LogP contribution in [0.4, 0.5) is 0 Å². The Kier molecular flexibility index (Phi) is 4.58. The van der Waals surface area contributed by atoms with E-state index in [-0.39, 0.29) is 0 Å². The van der Waals surface area contributed by atoms with Crippen molar-refractivity contribution in [2.75, 3.05) is 5.75 Å². The van der Waals surface area contributed by atoms with Crippen LogP contribution < -0.4 is 0 Å². The summed E-state index contributed by atoms with van der Waals surface area (Å²) in [5.41, 5.74) is 1.62. The lowest BCUT2D eigenvalue weighted by Crippen LogP contribution is -2.26. The molecule has 2 heteroatoms. The molecule has 104 valence electrons. The maximum absolute atomic E-state index is 3.95. The number of hydrogen-bond acceptors (Lipinski definition) is 1. The maximum Gasteiger partial charge on any atom is 0.0174 e. The summed E-state index contributed by atoms with van der Waals surface area (Å²) in [6.07, 6.45) is 7.00. The quantitative estimate of drug-likeness (QED) is 0.622. The summed E-state index contributed by atoms with van der Waals surface area (Å²) >= 11 is 6.01. The minimum atomic E-state index is 0.757. The molecule has 0 saturated heterocycles. The molecule has 0 nitrogen and oxygen atoms in total. The number of rotatable bonds is 3. The van der Waals surface area contributed by atoms with E-state index in [1.807, 2.05) is 0 Å². The monoisotopic (exact) mass is 338 g/mol. The first-order valence-corrected chi connectivity index (χ1v) is 9.53. The molecule has 0 radical (unpaired) electrons. The predicted molar refractivity (Wildman–Crippen MR) is 88.4 cm³/mol. The van der Waals surface area contributed by atoms with Crippen molar-refractivity contribution < 1.29 is 0 Å². The van der Waals surface area contributed by atoms with E-state index in [0.717, 1.165) is 22.6 Å². The zero-order valence-corrected chi connectivity index (χ0v) is 14.1. The van der Waals surface area contributed by atoms with Crippen molar-refractivity contribution in [3.05, 3.63) is 29.8 Å². The van der Waals surface area contributed by atoms with Crippen LogP contribution >= 0.6 is 27.7 Å². The topological polar surface area (TPSA) is 0 Å². The van der Waals surface area contributed by atoms with Crippen molar-refractivity contribution in [2.24, 2.45) is 11.8 Å². The molecule has 1 heterocycles. The molecular formula is C17H23BrS. The highest BCUT2D eigenvalue weighted by Gasteiger charge is 2.32. The second-order valence-corrected chi connectivity index (χ2v) is 8.38. The van der Waals surface area contributed by atoms with Crippen LogP contribution in [0.5, 0.6) is 0 Å². The van der Waals surface area contributed by atoms with Gasteiger partial charge >= 0.3 is 0 Å². The summed E-state index contributed by atoms with van der Waals surface area (Å²) in [6.45, 7) is 2.36. The van der Waals surface area contributed by atoms with Crippen molar-refractivity contribution in [2.45, 2.75) is 54.7 Å². The predicted octanol–water partition coefficient (Wildman–Crippen LogP) is 5.86. The van der Waals surface area contributed by atoms with Crippen molar-refractivity contribution in [3.63, 3.8) is 0 Å². The number of thioether (sulfide) groups is 1. The fraction of sp³-hybridized carbons (Fsp3) is 0.647. The summed E-state index contributed by atoms with van der Waals surface area (Å²) in [7, 11) is 0. The molecule has 0 spiro atoms. The molecule has 1 saturated carbocycles. The van der Waals surface area contributed by atoms with Crippen LogP contribution in [-0.4, -0.2) is 10.6 Å². The summed E-state index contributed by atoms with van der Waals surface area (Å²) in [5.74, 6) is 3.95. The molecule has 1 aromatic carbocycles. The second-order valence-electron chi connectivity index (χ2n) is 6.14. The minimum Gasteiger partial charge on any atom is -0.125 e. The Morgan fingerprint density at radius 1 is 1.26 bits per heavy atom. The number of alkyl halides is 1. The van der Waals surface area contributed by atoms with Gasteiger partial charge in [-0.1, -0.05) is 47.5 Å².